The van der Waals surface area contributed by atoms with E-state index in [-0.39, 0.29) is 22.3 Å². The Morgan fingerprint density at radius 3 is 2.69 bits per heavy atom. The second-order valence-corrected chi connectivity index (χ2v) is 10.6. The van der Waals surface area contributed by atoms with Crippen LogP contribution in [0.3, 0.4) is 0 Å². The van der Waals surface area contributed by atoms with E-state index in [1.807, 2.05) is 0 Å². The van der Waals surface area contributed by atoms with Gasteiger partial charge in [-0.2, -0.15) is 0 Å². The standard InChI is InChI=1S/C24H28F2N6O2S/c1-24(34)8-7-13-18(31-9-3-4-12(27)11-31)16(10-30-20(13)24)32-19(21(28)33)22(29)35-23(32)17-14(25)5-2-6-15(17)26/h2,5-6,10,12,23,34H,3-4,7-9,11,27,29H2,1H3,(H2,28,33)/t12-,23?,24?/m0/s1. The van der Waals surface area contributed by atoms with Crippen molar-refractivity contribution in [2.75, 3.05) is 22.9 Å². The smallest absolute Gasteiger partial charge is 0.268 e. The second-order valence-electron chi connectivity index (χ2n) is 9.49. The molecule has 186 valence electrons. The molecule has 35 heavy (non-hydrogen) atoms. The molecule has 7 N–H and O–H groups in total. The average Bonchev–Trinajstić information content (AvgIpc) is 3.29. The number of carbonyl (C=O) groups is 1. The quantitative estimate of drug-likeness (QED) is 0.500. The minimum atomic E-state index is -1.11. The summed E-state index contributed by atoms with van der Waals surface area (Å²) in [5.74, 6) is -2.34. The molecule has 5 rings (SSSR count). The predicted molar refractivity (Wildman–Crippen MR) is 131 cm³/mol. The number of anilines is 2. The van der Waals surface area contributed by atoms with Crippen molar-refractivity contribution in [3.05, 3.63) is 63.6 Å². The molecule has 3 aliphatic rings. The summed E-state index contributed by atoms with van der Waals surface area (Å²) in [6, 6.07) is 3.55. The molecule has 3 atom stereocenters. The first-order chi connectivity index (χ1) is 16.6. The highest BCUT2D eigenvalue weighted by atomic mass is 32.2. The Labute approximate surface area is 206 Å². The number of benzene rings is 1. The molecule has 0 bridgehead atoms. The molecule has 1 aromatic carbocycles. The summed E-state index contributed by atoms with van der Waals surface area (Å²) in [5.41, 5.74) is 19.4. The molecule has 3 heterocycles. The lowest BCUT2D eigenvalue weighted by Gasteiger charge is -2.38. The number of hydrogen-bond donors (Lipinski definition) is 4. The third-order valence-corrected chi connectivity index (χ3v) is 8.08. The molecule has 1 aliphatic carbocycles. The Bertz CT molecular complexity index is 1220. The summed E-state index contributed by atoms with van der Waals surface area (Å²) in [6.07, 6.45) is 4.29. The van der Waals surface area contributed by atoms with Crippen molar-refractivity contribution in [1.29, 1.82) is 0 Å². The summed E-state index contributed by atoms with van der Waals surface area (Å²) in [7, 11) is 0. The first kappa shape index (κ1) is 23.8. The van der Waals surface area contributed by atoms with E-state index >= 15 is 0 Å². The van der Waals surface area contributed by atoms with Crippen molar-refractivity contribution in [2.24, 2.45) is 17.2 Å². The molecular formula is C24H28F2N6O2S. The number of fused-ring (bicyclic) bond motifs is 1. The number of piperidine rings is 1. The summed E-state index contributed by atoms with van der Waals surface area (Å²) in [6.45, 7) is 2.97. The van der Waals surface area contributed by atoms with Gasteiger partial charge in [0.15, 0.2) is 0 Å². The van der Waals surface area contributed by atoms with E-state index in [1.54, 1.807) is 6.92 Å². The zero-order valence-electron chi connectivity index (χ0n) is 19.3. The van der Waals surface area contributed by atoms with Crippen LogP contribution in [0.2, 0.25) is 0 Å². The third-order valence-electron chi connectivity index (χ3n) is 6.96. The molecule has 2 aromatic rings. The molecule has 0 radical (unpaired) electrons. The lowest BCUT2D eigenvalue weighted by atomic mass is 10.0. The van der Waals surface area contributed by atoms with Gasteiger partial charge >= 0.3 is 0 Å². The number of hydrogen-bond acceptors (Lipinski definition) is 8. The van der Waals surface area contributed by atoms with Gasteiger partial charge in [0.2, 0.25) is 0 Å². The van der Waals surface area contributed by atoms with E-state index in [1.165, 1.54) is 17.2 Å². The summed E-state index contributed by atoms with van der Waals surface area (Å²) < 4.78 is 29.9. The van der Waals surface area contributed by atoms with Gasteiger partial charge in [0.1, 0.15) is 28.3 Å². The van der Waals surface area contributed by atoms with Crippen LogP contribution in [0.5, 0.6) is 0 Å². The minimum absolute atomic E-state index is 0.0447. The maximum Gasteiger partial charge on any atom is 0.268 e. The van der Waals surface area contributed by atoms with Crippen molar-refractivity contribution < 1.29 is 18.7 Å². The van der Waals surface area contributed by atoms with Crippen LogP contribution in [0.15, 0.2) is 35.1 Å². The Morgan fingerprint density at radius 1 is 1.31 bits per heavy atom. The molecule has 11 heteroatoms. The minimum Gasteiger partial charge on any atom is -0.392 e. The first-order valence-corrected chi connectivity index (χ1v) is 12.4. The fraction of sp³-hybridized carbons (Fsp3) is 0.417. The predicted octanol–water partition coefficient (Wildman–Crippen LogP) is 2.31. The lowest BCUT2D eigenvalue weighted by molar-refractivity contribution is -0.114. The number of rotatable bonds is 4. The van der Waals surface area contributed by atoms with Crippen LogP contribution < -0.4 is 27.0 Å². The zero-order chi connectivity index (χ0) is 25.1. The largest absolute Gasteiger partial charge is 0.392 e. The van der Waals surface area contributed by atoms with Crippen LogP contribution in [-0.4, -0.2) is 35.1 Å². The van der Waals surface area contributed by atoms with E-state index in [0.717, 1.165) is 48.0 Å². The van der Waals surface area contributed by atoms with E-state index in [9.17, 15) is 18.7 Å². The normalized spacial score (nSPS) is 26.4. The van der Waals surface area contributed by atoms with Crippen LogP contribution in [0.1, 0.15) is 48.4 Å². The summed E-state index contributed by atoms with van der Waals surface area (Å²) in [5, 5.41) is 9.99. The number of primary amides is 1. The number of aliphatic hydroxyl groups is 1. The van der Waals surface area contributed by atoms with Gasteiger partial charge in [-0.25, -0.2) is 8.78 Å². The van der Waals surface area contributed by atoms with Gasteiger partial charge in [0.05, 0.1) is 33.9 Å². The Morgan fingerprint density at radius 2 is 2.03 bits per heavy atom. The molecule has 8 nitrogen and oxygen atoms in total. The van der Waals surface area contributed by atoms with Gasteiger partial charge in [-0.15, -0.1) is 0 Å². The number of aromatic nitrogens is 1. The van der Waals surface area contributed by atoms with Crippen LogP contribution in [0.4, 0.5) is 20.2 Å². The molecule has 0 saturated carbocycles. The molecule has 2 unspecified atom stereocenters. The summed E-state index contributed by atoms with van der Waals surface area (Å²) >= 11 is 0.957. The Balaban J connectivity index is 1.75. The zero-order valence-corrected chi connectivity index (χ0v) is 20.1. The van der Waals surface area contributed by atoms with E-state index in [2.05, 4.69) is 9.88 Å². The summed E-state index contributed by atoms with van der Waals surface area (Å²) in [4.78, 5) is 20.7. The highest BCUT2D eigenvalue weighted by Gasteiger charge is 2.44. The van der Waals surface area contributed by atoms with Gasteiger partial charge in [-0.3, -0.25) is 9.78 Å². The number of pyridine rings is 1. The fourth-order valence-corrected chi connectivity index (χ4v) is 6.57. The van der Waals surface area contributed by atoms with Crippen molar-refractivity contribution in [3.8, 4) is 0 Å². The maximum atomic E-state index is 14.9. The highest BCUT2D eigenvalue weighted by molar-refractivity contribution is 8.03. The number of nitrogens with zero attached hydrogens (tertiary/aromatic N) is 3. The topological polar surface area (TPSA) is 135 Å². The lowest BCUT2D eigenvalue weighted by Crippen LogP contribution is -2.44. The van der Waals surface area contributed by atoms with Gasteiger partial charge in [0, 0.05) is 24.7 Å². The van der Waals surface area contributed by atoms with E-state index < -0.39 is 28.5 Å². The van der Waals surface area contributed by atoms with E-state index in [0.29, 0.717) is 37.3 Å². The molecular weight excluding hydrogens is 474 g/mol. The van der Waals surface area contributed by atoms with Crippen LogP contribution in [0.25, 0.3) is 0 Å². The Kier molecular flexibility index (Phi) is 5.89. The fourth-order valence-electron chi connectivity index (χ4n) is 5.35. The third kappa shape index (κ3) is 3.91. The second kappa shape index (κ2) is 8.65. The first-order valence-electron chi connectivity index (χ1n) is 11.5. The average molecular weight is 503 g/mol. The van der Waals surface area contributed by atoms with Crippen molar-refractivity contribution in [2.45, 2.75) is 49.6 Å². The van der Waals surface area contributed by atoms with Crippen molar-refractivity contribution in [1.82, 2.24) is 4.98 Å². The molecule has 1 fully saturated rings. The number of halogens is 2. The number of carbonyl (C=O) groups excluding carboxylic acids is 1. The maximum absolute atomic E-state index is 14.9. The molecule has 1 saturated heterocycles. The van der Waals surface area contributed by atoms with Gasteiger partial charge in [-0.1, -0.05) is 17.8 Å². The molecule has 0 spiro atoms. The van der Waals surface area contributed by atoms with Crippen LogP contribution >= 0.6 is 11.8 Å². The number of nitrogens with two attached hydrogens (primary N) is 3. The number of thioether (sulfide) groups is 1. The molecule has 1 aromatic heterocycles. The molecule has 2 aliphatic heterocycles. The van der Waals surface area contributed by atoms with Crippen molar-refractivity contribution >= 4 is 29.0 Å². The molecule has 1 amide bonds. The monoisotopic (exact) mass is 502 g/mol. The van der Waals surface area contributed by atoms with Gasteiger partial charge in [-0.05, 0) is 44.7 Å². The van der Waals surface area contributed by atoms with Crippen LogP contribution in [0, 0.1) is 11.6 Å². The van der Waals surface area contributed by atoms with Gasteiger partial charge < -0.3 is 32.1 Å². The Hall–Kier alpha value is -2.89. The van der Waals surface area contributed by atoms with Gasteiger partial charge in [0.25, 0.3) is 5.91 Å². The SMILES string of the molecule is CC1(O)CCc2c1ncc(N1C(C(N)=O)=C(N)SC1c1c(F)cccc1F)c2N1CCC[C@H](N)C1. The van der Waals surface area contributed by atoms with Crippen LogP contribution in [-0.2, 0) is 16.8 Å². The highest BCUT2D eigenvalue weighted by Crippen LogP contribution is 2.53. The van der Waals surface area contributed by atoms with Crippen molar-refractivity contribution in [3.63, 3.8) is 0 Å². The van der Waals surface area contributed by atoms with E-state index in [4.69, 9.17) is 17.2 Å². The number of amides is 1.